The molecule has 1 saturated heterocycles. The van der Waals surface area contributed by atoms with Crippen LogP contribution in [0, 0.1) is 17.8 Å². The molecule has 0 amide bonds. The SMILES string of the molecule is O=S(=O)(C[C@@H]1CCOC1)N[C@@H]1C[C@H]1C1CCCCC1. The molecule has 5 heteroatoms. The van der Waals surface area contributed by atoms with Crippen LogP contribution in [0.3, 0.4) is 0 Å². The van der Waals surface area contributed by atoms with Gasteiger partial charge in [0.1, 0.15) is 0 Å². The minimum absolute atomic E-state index is 0.199. The first kappa shape index (κ1) is 13.8. The Bertz CT molecular complexity index is 397. The maximum Gasteiger partial charge on any atom is 0.212 e. The molecular formula is C14H25NO3S. The number of rotatable bonds is 5. The summed E-state index contributed by atoms with van der Waals surface area (Å²) in [6, 6.07) is 0.232. The van der Waals surface area contributed by atoms with Crippen LogP contribution in [-0.4, -0.2) is 33.4 Å². The zero-order valence-electron chi connectivity index (χ0n) is 11.5. The summed E-state index contributed by atoms with van der Waals surface area (Å²) in [6.45, 7) is 1.33. The number of nitrogens with one attached hydrogen (secondary N) is 1. The minimum atomic E-state index is -3.10. The van der Waals surface area contributed by atoms with Crippen molar-refractivity contribution in [2.75, 3.05) is 19.0 Å². The van der Waals surface area contributed by atoms with Crippen molar-refractivity contribution in [2.45, 2.75) is 51.0 Å². The molecule has 3 aliphatic rings. The van der Waals surface area contributed by atoms with Crippen molar-refractivity contribution < 1.29 is 13.2 Å². The van der Waals surface area contributed by atoms with E-state index in [1.165, 1.54) is 32.1 Å². The maximum atomic E-state index is 12.1. The molecular weight excluding hydrogens is 262 g/mol. The fourth-order valence-corrected chi connectivity index (χ4v) is 5.45. The second-order valence-electron chi connectivity index (χ2n) is 6.53. The average molecular weight is 287 g/mol. The van der Waals surface area contributed by atoms with Gasteiger partial charge >= 0.3 is 0 Å². The molecule has 0 aromatic carbocycles. The van der Waals surface area contributed by atoms with Gasteiger partial charge in [0, 0.05) is 12.6 Å². The molecule has 2 aliphatic carbocycles. The number of sulfonamides is 1. The molecule has 4 nitrogen and oxygen atoms in total. The summed E-state index contributed by atoms with van der Waals surface area (Å²) < 4.78 is 32.4. The molecule has 0 unspecified atom stereocenters. The molecule has 0 spiro atoms. The van der Waals surface area contributed by atoms with Crippen molar-refractivity contribution in [1.29, 1.82) is 0 Å². The van der Waals surface area contributed by atoms with Crippen molar-refractivity contribution in [2.24, 2.45) is 17.8 Å². The zero-order chi connectivity index (χ0) is 13.3. The minimum Gasteiger partial charge on any atom is -0.381 e. The van der Waals surface area contributed by atoms with Gasteiger partial charge in [-0.2, -0.15) is 0 Å². The number of ether oxygens (including phenoxy) is 1. The van der Waals surface area contributed by atoms with Crippen LogP contribution in [0.1, 0.15) is 44.9 Å². The molecule has 1 heterocycles. The van der Waals surface area contributed by atoms with Gasteiger partial charge in [0.05, 0.1) is 12.4 Å². The Morgan fingerprint density at radius 1 is 1.11 bits per heavy atom. The van der Waals surface area contributed by atoms with Gasteiger partial charge in [0.25, 0.3) is 0 Å². The summed E-state index contributed by atoms with van der Waals surface area (Å²) in [6.07, 6.45) is 8.59. The summed E-state index contributed by atoms with van der Waals surface area (Å²) in [5.41, 5.74) is 0. The standard InChI is InChI=1S/C14H25NO3S/c16-19(17,10-11-6-7-18-9-11)15-14-8-13(14)12-4-2-1-3-5-12/h11-15H,1-10H2/t11-,13+,14-/m1/s1. The second kappa shape index (κ2) is 5.70. The van der Waals surface area contributed by atoms with E-state index < -0.39 is 10.0 Å². The third kappa shape index (κ3) is 3.70. The Morgan fingerprint density at radius 3 is 2.58 bits per heavy atom. The second-order valence-corrected chi connectivity index (χ2v) is 8.33. The van der Waals surface area contributed by atoms with Gasteiger partial charge in [-0.15, -0.1) is 0 Å². The van der Waals surface area contributed by atoms with Crippen LogP contribution in [0.5, 0.6) is 0 Å². The van der Waals surface area contributed by atoms with E-state index in [0.29, 0.717) is 19.1 Å². The first-order valence-electron chi connectivity index (χ1n) is 7.72. The third-order valence-corrected chi connectivity index (χ3v) is 6.48. The van der Waals surface area contributed by atoms with Crippen LogP contribution in [0.4, 0.5) is 0 Å². The van der Waals surface area contributed by atoms with Crippen molar-refractivity contribution in [3.05, 3.63) is 0 Å². The normalized spacial score (nSPS) is 36.5. The number of hydrogen-bond donors (Lipinski definition) is 1. The Morgan fingerprint density at radius 2 is 1.89 bits per heavy atom. The molecule has 0 aromatic rings. The summed E-state index contributed by atoms with van der Waals surface area (Å²) >= 11 is 0. The van der Waals surface area contributed by atoms with E-state index in [9.17, 15) is 8.42 Å². The molecule has 0 radical (unpaired) electrons. The molecule has 1 aliphatic heterocycles. The predicted molar refractivity (Wildman–Crippen MR) is 74.3 cm³/mol. The Balaban J connectivity index is 1.46. The highest BCUT2D eigenvalue weighted by molar-refractivity contribution is 7.89. The average Bonchev–Trinajstić information content (AvgIpc) is 2.93. The smallest absolute Gasteiger partial charge is 0.212 e. The molecule has 19 heavy (non-hydrogen) atoms. The maximum absolute atomic E-state index is 12.1. The van der Waals surface area contributed by atoms with E-state index in [1.807, 2.05) is 0 Å². The third-order valence-electron chi connectivity index (χ3n) is 4.91. The zero-order valence-corrected chi connectivity index (χ0v) is 12.3. The molecule has 3 rings (SSSR count). The quantitative estimate of drug-likeness (QED) is 0.840. The van der Waals surface area contributed by atoms with Crippen molar-refractivity contribution in [1.82, 2.24) is 4.72 Å². The van der Waals surface area contributed by atoms with Gasteiger partial charge in [-0.3, -0.25) is 0 Å². The lowest BCUT2D eigenvalue weighted by atomic mass is 9.86. The monoisotopic (exact) mass is 287 g/mol. The van der Waals surface area contributed by atoms with Crippen LogP contribution >= 0.6 is 0 Å². The van der Waals surface area contributed by atoms with Crippen LogP contribution in [-0.2, 0) is 14.8 Å². The van der Waals surface area contributed by atoms with Crippen molar-refractivity contribution in [3.8, 4) is 0 Å². The first-order valence-corrected chi connectivity index (χ1v) is 9.37. The predicted octanol–water partition coefficient (Wildman–Crippen LogP) is 1.91. The Hall–Kier alpha value is -0.130. The van der Waals surface area contributed by atoms with Crippen molar-refractivity contribution in [3.63, 3.8) is 0 Å². The van der Waals surface area contributed by atoms with Gasteiger partial charge in [0.15, 0.2) is 0 Å². The highest BCUT2D eigenvalue weighted by atomic mass is 32.2. The van der Waals surface area contributed by atoms with E-state index in [-0.39, 0.29) is 17.7 Å². The van der Waals surface area contributed by atoms with E-state index in [1.54, 1.807) is 0 Å². The van der Waals surface area contributed by atoms with Gasteiger partial charge < -0.3 is 4.74 Å². The van der Waals surface area contributed by atoms with Crippen LogP contribution in [0.2, 0.25) is 0 Å². The fourth-order valence-electron chi connectivity index (χ4n) is 3.74. The Labute approximate surface area is 116 Å². The summed E-state index contributed by atoms with van der Waals surface area (Å²) in [5, 5.41) is 0. The van der Waals surface area contributed by atoms with Crippen LogP contribution in [0.25, 0.3) is 0 Å². The fraction of sp³-hybridized carbons (Fsp3) is 1.00. The van der Waals surface area contributed by atoms with Crippen LogP contribution in [0.15, 0.2) is 0 Å². The van der Waals surface area contributed by atoms with Gasteiger partial charge in [-0.05, 0) is 30.6 Å². The van der Waals surface area contributed by atoms with E-state index >= 15 is 0 Å². The van der Waals surface area contributed by atoms with E-state index in [4.69, 9.17) is 4.74 Å². The molecule has 2 saturated carbocycles. The lowest BCUT2D eigenvalue weighted by molar-refractivity contribution is 0.188. The molecule has 0 aromatic heterocycles. The van der Waals surface area contributed by atoms with Gasteiger partial charge in [0.2, 0.25) is 10.0 Å². The highest BCUT2D eigenvalue weighted by Gasteiger charge is 2.45. The van der Waals surface area contributed by atoms with E-state index in [0.717, 1.165) is 18.8 Å². The largest absolute Gasteiger partial charge is 0.381 e. The molecule has 0 bridgehead atoms. The molecule has 1 N–H and O–H groups in total. The van der Waals surface area contributed by atoms with Gasteiger partial charge in [-0.1, -0.05) is 32.1 Å². The molecule has 3 atom stereocenters. The Kier molecular flexibility index (Phi) is 4.15. The lowest BCUT2D eigenvalue weighted by Gasteiger charge is -2.21. The topological polar surface area (TPSA) is 55.4 Å². The van der Waals surface area contributed by atoms with Gasteiger partial charge in [-0.25, -0.2) is 13.1 Å². The lowest BCUT2D eigenvalue weighted by Crippen LogP contribution is -2.33. The first-order chi connectivity index (χ1) is 9.14. The van der Waals surface area contributed by atoms with Crippen LogP contribution < -0.4 is 4.72 Å². The molecule has 3 fully saturated rings. The van der Waals surface area contributed by atoms with E-state index in [2.05, 4.69) is 4.72 Å². The van der Waals surface area contributed by atoms with Crippen molar-refractivity contribution >= 4 is 10.0 Å². The summed E-state index contributed by atoms with van der Waals surface area (Å²) in [5.74, 6) is 1.84. The number of hydrogen-bond acceptors (Lipinski definition) is 3. The molecule has 110 valence electrons. The summed E-state index contributed by atoms with van der Waals surface area (Å²) in [4.78, 5) is 0. The summed E-state index contributed by atoms with van der Waals surface area (Å²) in [7, 11) is -3.10. The highest BCUT2D eigenvalue weighted by Crippen LogP contribution is 2.44.